The Kier molecular flexibility index (Phi) is 6.54. The predicted molar refractivity (Wildman–Crippen MR) is 67.6 cm³/mol. The molecule has 98 valence electrons. The van der Waals surface area contributed by atoms with Gasteiger partial charge in [-0.05, 0) is 25.7 Å². The number of allylic oxidation sites excluding steroid dienone is 1. The van der Waals surface area contributed by atoms with Gasteiger partial charge in [0, 0.05) is 5.92 Å². The summed E-state index contributed by atoms with van der Waals surface area (Å²) in [5.41, 5.74) is 0.920. The first-order valence-electron chi connectivity index (χ1n) is 5.91. The maximum absolute atomic E-state index is 11.8. The Hall–Kier alpha value is -1.32. The lowest BCUT2D eigenvalue weighted by Gasteiger charge is -2.19. The van der Waals surface area contributed by atoms with Crippen LogP contribution in [0, 0.1) is 11.8 Å². The van der Waals surface area contributed by atoms with Gasteiger partial charge in [-0.15, -0.1) is 6.58 Å². The lowest BCUT2D eigenvalue weighted by atomic mass is 10.00. The van der Waals surface area contributed by atoms with Crippen molar-refractivity contribution in [1.29, 1.82) is 0 Å². The van der Waals surface area contributed by atoms with Gasteiger partial charge in [0.15, 0.2) is 0 Å². The van der Waals surface area contributed by atoms with Gasteiger partial charge < -0.3 is 10.4 Å². The third-order valence-corrected chi connectivity index (χ3v) is 2.42. The van der Waals surface area contributed by atoms with E-state index in [1.807, 2.05) is 20.8 Å². The summed E-state index contributed by atoms with van der Waals surface area (Å²) in [4.78, 5) is 22.7. The van der Waals surface area contributed by atoms with E-state index in [0.29, 0.717) is 12.8 Å². The second kappa shape index (κ2) is 7.09. The molecule has 2 atom stereocenters. The highest BCUT2D eigenvalue weighted by molar-refractivity contribution is 5.84. The van der Waals surface area contributed by atoms with Crippen molar-refractivity contribution in [3.63, 3.8) is 0 Å². The van der Waals surface area contributed by atoms with Crippen LogP contribution < -0.4 is 5.32 Å². The molecular weight excluding hydrogens is 218 g/mol. The van der Waals surface area contributed by atoms with Crippen LogP contribution in [0.2, 0.25) is 0 Å². The molecule has 4 heteroatoms. The minimum atomic E-state index is -0.977. The van der Waals surface area contributed by atoms with Gasteiger partial charge in [-0.1, -0.05) is 26.3 Å². The lowest BCUT2D eigenvalue weighted by molar-refractivity contribution is -0.142. The fourth-order valence-corrected chi connectivity index (χ4v) is 1.62. The van der Waals surface area contributed by atoms with E-state index in [9.17, 15) is 9.59 Å². The van der Waals surface area contributed by atoms with Crippen molar-refractivity contribution >= 4 is 11.9 Å². The first-order chi connectivity index (χ1) is 7.73. The van der Waals surface area contributed by atoms with Crippen molar-refractivity contribution < 1.29 is 14.7 Å². The highest BCUT2D eigenvalue weighted by Gasteiger charge is 2.23. The molecule has 2 N–H and O–H groups in total. The van der Waals surface area contributed by atoms with Crippen LogP contribution in [0.3, 0.4) is 0 Å². The molecule has 4 nitrogen and oxygen atoms in total. The summed E-state index contributed by atoms with van der Waals surface area (Å²) in [5.74, 6) is -1.20. The largest absolute Gasteiger partial charge is 0.480 e. The molecule has 0 heterocycles. The summed E-state index contributed by atoms with van der Waals surface area (Å²) >= 11 is 0. The molecule has 0 saturated carbocycles. The van der Waals surface area contributed by atoms with Crippen molar-refractivity contribution in [3.05, 3.63) is 12.2 Å². The zero-order valence-electron chi connectivity index (χ0n) is 11.1. The van der Waals surface area contributed by atoms with Crippen molar-refractivity contribution in [2.45, 2.75) is 46.6 Å². The molecule has 0 rings (SSSR count). The minimum Gasteiger partial charge on any atom is -0.480 e. The fourth-order valence-electron chi connectivity index (χ4n) is 1.62. The molecule has 1 unspecified atom stereocenters. The Morgan fingerprint density at radius 3 is 2.18 bits per heavy atom. The average Bonchev–Trinajstić information content (AvgIpc) is 2.14. The second-order valence-electron chi connectivity index (χ2n) is 5.09. The zero-order chi connectivity index (χ0) is 13.6. The van der Waals surface area contributed by atoms with E-state index in [2.05, 4.69) is 11.9 Å². The van der Waals surface area contributed by atoms with Gasteiger partial charge in [-0.25, -0.2) is 4.79 Å². The van der Waals surface area contributed by atoms with Gasteiger partial charge in [-0.2, -0.15) is 0 Å². The Morgan fingerprint density at radius 2 is 1.82 bits per heavy atom. The molecule has 0 spiro atoms. The molecule has 0 aliphatic heterocycles. The Labute approximate surface area is 103 Å². The molecule has 0 aromatic heterocycles. The number of amides is 1. The van der Waals surface area contributed by atoms with E-state index in [0.717, 1.165) is 5.57 Å². The van der Waals surface area contributed by atoms with Crippen LogP contribution in [-0.2, 0) is 9.59 Å². The van der Waals surface area contributed by atoms with Crippen LogP contribution in [0.25, 0.3) is 0 Å². The van der Waals surface area contributed by atoms with Crippen molar-refractivity contribution in [2.75, 3.05) is 0 Å². The van der Waals surface area contributed by atoms with Crippen LogP contribution >= 0.6 is 0 Å². The van der Waals surface area contributed by atoms with Crippen LogP contribution in [0.15, 0.2) is 12.2 Å². The molecule has 0 radical (unpaired) electrons. The maximum atomic E-state index is 11.8. The molecule has 17 heavy (non-hydrogen) atoms. The molecule has 0 aliphatic rings. The fraction of sp³-hybridized carbons (Fsp3) is 0.692. The Balaban J connectivity index is 4.39. The molecule has 0 aromatic rings. The van der Waals surface area contributed by atoms with E-state index < -0.39 is 12.0 Å². The molecule has 0 aromatic carbocycles. The van der Waals surface area contributed by atoms with E-state index >= 15 is 0 Å². The predicted octanol–water partition coefficient (Wildman–Crippen LogP) is 2.20. The van der Waals surface area contributed by atoms with Crippen LogP contribution in [-0.4, -0.2) is 23.0 Å². The molecule has 1 amide bonds. The molecular formula is C13H23NO3. The summed E-state index contributed by atoms with van der Waals surface area (Å²) in [6.07, 6.45) is 1.03. The van der Waals surface area contributed by atoms with Crippen LogP contribution in [0.1, 0.15) is 40.5 Å². The van der Waals surface area contributed by atoms with Crippen molar-refractivity contribution in [1.82, 2.24) is 5.32 Å². The number of carbonyl (C=O) groups excluding carboxylic acids is 1. The summed E-state index contributed by atoms with van der Waals surface area (Å²) in [6.45, 7) is 11.2. The average molecular weight is 241 g/mol. The Bertz CT molecular complexity index is 297. The summed E-state index contributed by atoms with van der Waals surface area (Å²) in [5, 5.41) is 11.6. The first kappa shape index (κ1) is 15.7. The van der Waals surface area contributed by atoms with Gasteiger partial charge in [-0.3, -0.25) is 4.79 Å². The number of hydrogen-bond acceptors (Lipinski definition) is 2. The normalized spacial score (nSPS) is 14.2. The van der Waals surface area contributed by atoms with Crippen LogP contribution in [0.4, 0.5) is 0 Å². The van der Waals surface area contributed by atoms with E-state index in [1.165, 1.54) is 0 Å². The number of rotatable bonds is 7. The smallest absolute Gasteiger partial charge is 0.326 e. The van der Waals surface area contributed by atoms with Crippen LogP contribution in [0.5, 0.6) is 0 Å². The molecule has 0 saturated heterocycles. The minimum absolute atomic E-state index is 0.221. The zero-order valence-corrected chi connectivity index (χ0v) is 11.1. The van der Waals surface area contributed by atoms with Gasteiger partial charge >= 0.3 is 5.97 Å². The Morgan fingerprint density at radius 1 is 1.29 bits per heavy atom. The number of carbonyl (C=O) groups is 2. The first-order valence-corrected chi connectivity index (χ1v) is 5.91. The number of nitrogens with one attached hydrogen (secondary N) is 1. The summed E-state index contributed by atoms with van der Waals surface area (Å²) in [6, 6.07) is -0.796. The lowest BCUT2D eigenvalue weighted by Crippen LogP contribution is -2.43. The van der Waals surface area contributed by atoms with Gasteiger partial charge in [0.1, 0.15) is 6.04 Å². The van der Waals surface area contributed by atoms with E-state index in [-0.39, 0.29) is 17.7 Å². The molecule has 0 bridgehead atoms. The van der Waals surface area contributed by atoms with E-state index in [1.54, 1.807) is 6.92 Å². The molecule has 0 aliphatic carbocycles. The third-order valence-electron chi connectivity index (χ3n) is 2.42. The topological polar surface area (TPSA) is 66.4 Å². The molecule has 0 fully saturated rings. The quantitative estimate of drug-likeness (QED) is 0.671. The number of aliphatic carboxylic acids is 1. The summed E-state index contributed by atoms with van der Waals surface area (Å²) in [7, 11) is 0. The van der Waals surface area contributed by atoms with Crippen molar-refractivity contribution in [2.24, 2.45) is 11.8 Å². The number of carboxylic acid groups (broad SMARTS) is 1. The van der Waals surface area contributed by atoms with E-state index in [4.69, 9.17) is 5.11 Å². The number of hydrogen-bond donors (Lipinski definition) is 2. The van der Waals surface area contributed by atoms with Crippen molar-refractivity contribution in [3.8, 4) is 0 Å². The SMILES string of the molecule is C=C(C)CC(C)C(=O)N[C@@H](CC(C)C)C(=O)O. The van der Waals surface area contributed by atoms with Gasteiger partial charge in [0.05, 0.1) is 0 Å². The van der Waals surface area contributed by atoms with Gasteiger partial charge in [0.2, 0.25) is 5.91 Å². The maximum Gasteiger partial charge on any atom is 0.326 e. The summed E-state index contributed by atoms with van der Waals surface area (Å²) < 4.78 is 0. The monoisotopic (exact) mass is 241 g/mol. The standard InChI is InChI=1S/C13H23NO3/c1-8(2)6-10(5)12(15)14-11(13(16)17)7-9(3)4/h9-11H,1,6-7H2,2-5H3,(H,14,15)(H,16,17)/t10?,11-/m0/s1. The highest BCUT2D eigenvalue weighted by Crippen LogP contribution is 2.11. The van der Waals surface area contributed by atoms with Gasteiger partial charge in [0.25, 0.3) is 0 Å². The third kappa shape index (κ3) is 6.76. The second-order valence-corrected chi connectivity index (χ2v) is 5.09. The number of carboxylic acids is 1. The highest BCUT2D eigenvalue weighted by atomic mass is 16.4.